The molecule has 5 nitrogen and oxygen atoms in total. The highest BCUT2D eigenvalue weighted by Crippen LogP contribution is 2.29. The lowest BCUT2D eigenvalue weighted by Crippen LogP contribution is -2.13. The summed E-state index contributed by atoms with van der Waals surface area (Å²) < 4.78 is 10.5. The molecule has 0 spiro atoms. The van der Waals surface area contributed by atoms with Crippen molar-refractivity contribution in [3.8, 4) is 11.5 Å². The first-order chi connectivity index (χ1) is 11.2. The van der Waals surface area contributed by atoms with Gasteiger partial charge in [-0.1, -0.05) is 18.2 Å². The van der Waals surface area contributed by atoms with Crippen LogP contribution in [0.1, 0.15) is 10.4 Å². The van der Waals surface area contributed by atoms with Crippen LogP contribution in [0.25, 0.3) is 10.9 Å². The zero-order chi connectivity index (χ0) is 16.2. The van der Waals surface area contributed by atoms with Crippen molar-refractivity contribution in [2.24, 2.45) is 0 Å². The molecule has 0 amide bonds. The summed E-state index contributed by atoms with van der Waals surface area (Å²) in [7, 11) is 3.17. The number of Topliss-reactive ketones (excluding diaryl/α,β-unsaturated/α-hetero) is 1. The fourth-order valence-corrected chi connectivity index (χ4v) is 2.53. The summed E-state index contributed by atoms with van der Waals surface area (Å²) >= 11 is 0. The molecule has 1 heterocycles. The Morgan fingerprint density at radius 2 is 1.87 bits per heavy atom. The topological polar surface area (TPSA) is 63.3 Å². The van der Waals surface area contributed by atoms with Gasteiger partial charge in [0.05, 0.1) is 20.8 Å². The Morgan fingerprint density at radius 3 is 2.65 bits per heavy atom. The maximum atomic E-state index is 12.4. The molecule has 0 fully saturated rings. The molecule has 2 aromatic carbocycles. The number of H-pyrrole nitrogens is 1. The first-order valence-electron chi connectivity index (χ1n) is 7.28. The Balaban J connectivity index is 1.74. The number of anilines is 1. The van der Waals surface area contributed by atoms with Crippen molar-refractivity contribution in [1.29, 1.82) is 0 Å². The van der Waals surface area contributed by atoms with Crippen LogP contribution in [0.2, 0.25) is 0 Å². The second-order valence-corrected chi connectivity index (χ2v) is 5.09. The molecule has 0 saturated carbocycles. The number of hydrogen-bond acceptors (Lipinski definition) is 4. The number of methoxy groups -OCH3 is 2. The van der Waals surface area contributed by atoms with Gasteiger partial charge in [0.2, 0.25) is 0 Å². The molecule has 3 rings (SSSR count). The normalized spacial score (nSPS) is 10.5. The van der Waals surface area contributed by atoms with E-state index in [0.717, 1.165) is 16.6 Å². The van der Waals surface area contributed by atoms with E-state index < -0.39 is 0 Å². The Kier molecular flexibility index (Phi) is 4.19. The lowest BCUT2D eigenvalue weighted by atomic mass is 10.1. The second-order valence-electron chi connectivity index (χ2n) is 5.09. The van der Waals surface area contributed by atoms with Gasteiger partial charge in [-0.25, -0.2) is 0 Å². The molecule has 0 aliphatic rings. The van der Waals surface area contributed by atoms with Gasteiger partial charge < -0.3 is 19.8 Å². The number of ether oxygens (including phenoxy) is 2. The number of benzene rings is 2. The minimum atomic E-state index is 0.0252. The molecule has 0 saturated heterocycles. The molecule has 1 aromatic heterocycles. The van der Waals surface area contributed by atoms with E-state index in [1.165, 1.54) is 0 Å². The largest absolute Gasteiger partial charge is 0.493 e. The van der Waals surface area contributed by atoms with E-state index in [9.17, 15) is 4.79 Å². The average molecular weight is 310 g/mol. The number of fused-ring (bicyclic) bond motifs is 1. The zero-order valence-corrected chi connectivity index (χ0v) is 13.1. The predicted octanol–water partition coefficient (Wildman–Crippen LogP) is 3.48. The highest BCUT2D eigenvalue weighted by molar-refractivity contribution is 6.09. The minimum Gasteiger partial charge on any atom is -0.493 e. The van der Waals surface area contributed by atoms with Gasteiger partial charge in [0, 0.05) is 34.4 Å². The third kappa shape index (κ3) is 2.99. The summed E-state index contributed by atoms with van der Waals surface area (Å²) in [6.07, 6.45) is 1.75. The van der Waals surface area contributed by atoms with Gasteiger partial charge in [0.25, 0.3) is 0 Å². The SMILES string of the molecule is COc1ccc(NCC(=O)c2c[nH]c3ccccc23)cc1OC. The van der Waals surface area contributed by atoms with Crippen molar-refractivity contribution in [2.45, 2.75) is 0 Å². The summed E-state index contributed by atoms with van der Waals surface area (Å²) in [5.41, 5.74) is 2.45. The summed E-state index contributed by atoms with van der Waals surface area (Å²) in [5, 5.41) is 4.06. The smallest absolute Gasteiger partial charge is 0.183 e. The zero-order valence-electron chi connectivity index (χ0n) is 13.1. The number of carbonyl (C=O) groups excluding carboxylic acids is 1. The van der Waals surface area contributed by atoms with Crippen LogP contribution in [0.15, 0.2) is 48.7 Å². The molecule has 0 aliphatic carbocycles. The summed E-state index contributed by atoms with van der Waals surface area (Å²) in [6.45, 7) is 0.206. The van der Waals surface area contributed by atoms with Crippen LogP contribution >= 0.6 is 0 Å². The number of rotatable bonds is 6. The Hall–Kier alpha value is -2.95. The molecule has 5 heteroatoms. The molecule has 0 atom stereocenters. The maximum Gasteiger partial charge on any atom is 0.183 e. The van der Waals surface area contributed by atoms with Crippen LogP contribution in [0.4, 0.5) is 5.69 Å². The number of carbonyl (C=O) groups is 1. The van der Waals surface area contributed by atoms with Crippen molar-refractivity contribution in [3.05, 3.63) is 54.2 Å². The van der Waals surface area contributed by atoms with Gasteiger partial charge in [-0.2, -0.15) is 0 Å². The van der Waals surface area contributed by atoms with Crippen molar-refractivity contribution in [3.63, 3.8) is 0 Å². The van der Waals surface area contributed by atoms with Crippen LogP contribution < -0.4 is 14.8 Å². The summed E-state index contributed by atoms with van der Waals surface area (Å²) in [5.74, 6) is 1.30. The van der Waals surface area contributed by atoms with Gasteiger partial charge in [0.15, 0.2) is 17.3 Å². The van der Waals surface area contributed by atoms with E-state index in [0.29, 0.717) is 17.1 Å². The van der Waals surface area contributed by atoms with Gasteiger partial charge in [-0.15, -0.1) is 0 Å². The van der Waals surface area contributed by atoms with Crippen molar-refractivity contribution >= 4 is 22.4 Å². The Morgan fingerprint density at radius 1 is 1.09 bits per heavy atom. The van der Waals surface area contributed by atoms with E-state index in [1.54, 1.807) is 32.5 Å². The van der Waals surface area contributed by atoms with Crippen LogP contribution in [-0.2, 0) is 0 Å². The van der Waals surface area contributed by atoms with Gasteiger partial charge >= 0.3 is 0 Å². The fourth-order valence-electron chi connectivity index (χ4n) is 2.53. The lowest BCUT2D eigenvalue weighted by Gasteiger charge is -2.10. The average Bonchev–Trinajstić information content (AvgIpc) is 3.03. The highest BCUT2D eigenvalue weighted by atomic mass is 16.5. The molecular formula is C18H18N2O3. The number of aromatic amines is 1. The highest BCUT2D eigenvalue weighted by Gasteiger charge is 2.12. The minimum absolute atomic E-state index is 0.0252. The number of aromatic nitrogens is 1. The van der Waals surface area contributed by atoms with E-state index >= 15 is 0 Å². The van der Waals surface area contributed by atoms with E-state index in [1.807, 2.05) is 30.3 Å². The molecule has 118 valence electrons. The van der Waals surface area contributed by atoms with Crippen LogP contribution in [0.5, 0.6) is 11.5 Å². The number of ketones is 1. The number of para-hydroxylation sites is 1. The maximum absolute atomic E-state index is 12.4. The van der Waals surface area contributed by atoms with Gasteiger partial charge in [-0.05, 0) is 18.2 Å². The van der Waals surface area contributed by atoms with E-state index in [2.05, 4.69) is 10.3 Å². The first kappa shape index (κ1) is 15.0. The van der Waals surface area contributed by atoms with E-state index in [4.69, 9.17) is 9.47 Å². The monoisotopic (exact) mass is 310 g/mol. The van der Waals surface area contributed by atoms with Crippen LogP contribution in [0.3, 0.4) is 0 Å². The molecule has 0 bridgehead atoms. The van der Waals surface area contributed by atoms with Gasteiger partial charge in [0.1, 0.15) is 0 Å². The Labute approximate surface area is 134 Å². The summed E-state index contributed by atoms with van der Waals surface area (Å²) in [6, 6.07) is 13.2. The second kappa shape index (κ2) is 6.44. The Bertz CT molecular complexity index is 839. The molecule has 3 aromatic rings. The number of nitrogens with one attached hydrogen (secondary N) is 2. The fraction of sp³-hybridized carbons (Fsp3) is 0.167. The van der Waals surface area contributed by atoms with E-state index in [-0.39, 0.29) is 12.3 Å². The van der Waals surface area contributed by atoms with Gasteiger partial charge in [-0.3, -0.25) is 4.79 Å². The molecule has 0 unspecified atom stereocenters. The first-order valence-corrected chi connectivity index (χ1v) is 7.28. The molecule has 0 radical (unpaired) electrons. The third-order valence-electron chi connectivity index (χ3n) is 3.73. The standard InChI is InChI=1S/C18H18N2O3/c1-22-17-8-7-12(9-18(17)23-2)19-11-16(21)14-10-20-15-6-4-3-5-13(14)15/h3-10,19-20H,11H2,1-2H3. The third-order valence-corrected chi connectivity index (χ3v) is 3.73. The molecule has 2 N–H and O–H groups in total. The van der Waals surface area contributed by atoms with Crippen LogP contribution in [-0.4, -0.2) is 31.5 Å². The van der Waals surface area contributed by atoms with Crippen molar-refractivity contribution in [1.82, 2.24) is 4.98 Å². The molecular weight excluding hydrogens is 292 g/mol. The van der Waals surface area contributed by atoms with Crippen molar-refractivity contribution in [2.75, 3.05) is 26.1 Å². The summed E-state index contributed by atoms with van der Waals surface area (Å²) in [4.78, 5) is 15.5. The number of hydrogen-bond donors (Lipinski definition) is 2. The molecule has 0 aliphatic heterocycles. The lowest BCUT2D eigenvalue weighted by molar-refractivity contribution is 0.101. The van der Waals surface area contributed by atoms with Crippen LogP contribution in [0, 0.1) is 0 Å². The quantitative estimate of drug-likeness (QED) is 0.684. The molecule has 23 heavy (non-hydrogen) atoms. The predicted molar refractivity (Wildman–Crippen MR) is 90.7 cm³/mol. The van der Waals surface area contributed by atoms with Crippen molar-refractivity contribution < 1.29 is 14.3 Å².